The first-order valence-corrected chi connectivity index (χ1v) is 8.68. The number of carbonyl (C=O) groups excluding carboxylic acids is 2. The molecule has 1 saturated carbocycles. The molecule has 1 aliphatic rings. The number of anilines is 1. The molecule has 2 atom stereocenters. The van der Waals surface area contributed by atoms with Gasteiger partial charge >= 0.3 is 6.03 Å². The Bertz CT molecular complexity index is 594. The van der Waals surface area contributed by atoms with Gasteiger partial charge in [-0.25, -0.2) is 4.79 Å². The number of halogens is 1. The lowest BCUT2D eigenvalue weighted by atomic mass is 9.84. The van der Waals surface area contributed by atoms with Crippen LogP contribution in [0, 0.1) is 5.92 Å². The molecule has 2 rings (SSSR count). The van der Waals surface area contributed by atoms with Gasteiger partial charge in [-0.15, -0.1) is 0 Å². The molecule has 7 heteroatoms. The number of amides is 3. The van der Waals surface area contributed by atoms with Gasteiger partial charge in [-0.3, -0.25) is 4.79 Å². The summed E-state index contributed by atoms with van der Waals surface area (Å²) in [5, 5.41) is 6.11. The van der Waals surface area contributed by atoms with Crippen LogP contribution in [0.25, 0.3) is 0 Å². The summed E-state index contributed by atoms with van der Waals surface area (Å²) >= 11 is 6.00. The van der Waals surface area contributed by atoms with Crippen LogP contribution in [0.3, 0.4) is 0 Å². The fourth-order valence-electron chi connectivity index (χ4n) is 2.91. The van der Waals surface area contributed by atoms with E-state index in [1.54, 1.807) is 18.2 Å². The smallest absolute Gasteiger partial charge is 0.319 e. The van der Waals surface area contributed by atoms with Gasteiger partial charge in [-0.2, -0.15) is 0 Å². The van der Waals surface area contributed by atoms with E-state index in [0.29, 0.717) is 29.5 Å². The molecule has 1 aromatic carbocycles. The molecule has 24 heavy (non-hydrogen) atoms. The minimum atomic E-state index is -0.392. The van der Waals surface area contributed by atoms with Crippen molar-refractivity contribution in [2.75, 3.05) is 11.9 Å². The van der Waals surface area contributed by atoms with Crippen LogP contribution >= 0.6 is 11.6 Å². The monoisotopic (exact) mass is 353 g/mol. The number of nitrogens with two attached hydrogens (primary N) is 1. The lowest BCUT2D eigenvalue weighted by Gasteiger charge is -2.30. The minimum absolute atomic E-state index is 0.240. The predicted molar refractivity (Wildman–Crippen MR) is 94.3 cm³/mol. The quantitative estimate of drug-likeness (QED) is 0.732. The van der Waals surface area contributed by atoms with Gasteiger partial charge in [0.05, 0.1) is 18.2 Å². The lowest BCUT2D eigenvalue weighted by Crippen LogP contribution is -2.48. The molecule has 0 radical (unpaired) electrons. The van der Waals surface area contributed by atoms with Crippen molar-refractivity contribution in [1.82, 2.24) is 5.32 Å². The molecule has 0 saturated heterocycles. The molecule has 0 aliphatic heterocycles. The summed E-state index contributed by atoms with van der Waals surface area (Å²) in [6, 6.07) is 4.44. The lowest BCUT2D eigenvalue weighted by molar-refractivity contribution is -0.123. The van der Waals surface area contributed by atoms with E-state index >= 15 is 0 Å². The first-order chi connectivity index (χ1) is 11.5. The fraction of sp³-hybridized carbons (Fsp3) is 0.529. The molecule has 4 N–H and O–H groups in total. The Morgan fingerprint density at radius 2 is 2.08 bits per heavy atom. The van der Waals surface area contributed by atoms with E-state index < -0.39 is 6.03 Å². The Hall–Kier alpha value is -1.95. The third-order valence-electron chi connectivity index (χ3n) is 4.10. The molecule has 0 aromatic heterocycles. The molecular formula is C17H24ClN3O3. The summed E-state index contributed by atoms with van der Waals surface area (Å²) < 4.78 is 5.62. The number of ether oxygens (including phenoxy) is 1. The maximum atomic E-state index is 12.3. The maximum Gasteiger partial charge on any atom is 0.319 e. The van der Waals surface area contributed by atoms with E-state index in [2.05, 4.69) is 10.6 Å². The van der Waals surface area contributed by atoms with E-state index in [4.69, 9.17) is 22.1 Å². The van der Waals surface area contributed by atoms with Crippen LogP contribution in [-0.2, 0) is 4.79 Å². The highest BCUT2D eigenvalue weighted by molar-refractivity contribution is 6.31. The molecular weight excluding hydrogens is 330 g/mol. The molecule has 1 aliphatic carbocycles. The van der Waals surface area contributed by atoms with E-state index in [9.17, 15) is 9.59 Å². The Labute approximate surface area is 147 Å². The Morgan fingerprint density at radius 3 is 2.79 bits per heavy atom. The minimum Gasteiger partial charge on any atom is -0.491 e. The second kappa shape index (κ2) is 8.78. The highest BCUT2D eigenvalue weighted by Gasteiger charge is 2.30. The van der Waals surface area contributed by atoms with Gasteiger partial charge in [0.2, 0.25) is 5.91 Å². The van der Waals surface area contributed by atoms with Crippen LogP contribution in [-0.4, -0.2) is 24.6 Å². The SMILES string of the molecule is CCCOc1ccc(Cl)cc1NC(=O)N[C@H]1CCCC[C@H]1C(N)=O. The molecule has 0 heterocycles. The van der Waals surface area contributed by atoms with Crippen molar-refractivity contribution in [1.29, 1.82) is 0 Å². The van der Waals surface area contributed by atoms with Crippen LogP contribution in [0.4, 0.5) is 10.5 Å². The maximum absolute atomic E-state index is 12.3. The number of carbonyl (C=O) groups is 2. The van der Waals surface area contributed by atoms with Gasteiger partial charge in [0.25, 0.3) is 0 Å². The number of hydrogen-bond acceptors (Lipinski definition) is 3. The van der Waals surface area contributed by atoms with Gasteiger partial charge < -0.3 is 21.1 Å². The van der Waals surface area contributed by atoms with Crippen molar-refractivity contribution in [2.24, 2.45) is 11.7 Å². The van der Waals surface area contributed by atoms with Crippen LogP contribution in [0.15, 0.2) is 18.2 Å². The zero-order chi connectivity index (χ0) is 17.5. The third kappa shape index (κ3) is 5.03. The van der Waals surface area contributed by atoms with Crippen LogP contribution in [0.2, 0.25) is 5.02 Å². The van der Waals surface area contributed by atoms with Gasteiger partial charge in [-0.1, -0.05) is 31.4 Å². The molecule has 0 bridgehead atoms. The molecule has 0 spiro atoms. The van der Waals surface area contributed by atoms with Crippen molar-refractivity contribution >= 4 is 29.2 Å². The summed E-state index contributed by atoms with van der Waals surface area (Å²) in [6.07, 6.45) is 4.24. The number of hydrogen-bond donors (Lipinski definition) is 3. The molecule has 3 amide bonds. The topological polar surface area (TPSA) is 93.4 Å². The van der Waals surface area contributed by atoms with Gasteiger partial charge in [0.1, 0.15) is 5.75 Å². The molecule has 0 unspecified atom stereocenters. The normalized spacial score (nSPS) is 20.2. The van der Waals surface area contributed by atoms with Crippen molar-refractivity contribution < 1.29 is 14.3 Å². The molecule has 132 valence electrons. The average molecular weight is 354 g/mol. The van der Waals surface area contributed by atoms with Gasteiger partial charge in [0.15, 0.2) is 0 Å². The zero-order valence-electron chi connectivity index (χ0n) is 13.8. The molecule has 6 nitrogen and oxygen atoms in total. The highest BCUT2D eigenvalue weighted by atomic mass is 35.5. The standard InChI is InChI=1S/C17H24ClN3O3/c1-2-9-24-15-8-7-11(18)10-14(15)21-17(23)20-13-6-4-3-5-12(13)16(19)22/h7-8,10,12-13H,2-6,9H2,1H3,(H2,19,22)(H2,20,21,23)/t12-,13+/m1/s1. The number of primary amides is 1. The van der Waals surface area contributed by atoms with Crippen LogP contribution < -0.4 is 21.1 Å². The van der Waals surface area contributed by atoms with Crippen LogP contribution in [0.1, 0.15) is 39.0 Å². The zero-order valence-corrected chi connectivity index (χ0v) is 14.6. The fourth-order valence-corrected chi connectivity index (χ4v) is 3.08. The Morgan fingerprint density at radius 1 is 1.33 bits per heavy atom. The second-order valence-electron chi connectivity index (χ2n) is 5.99. The van der Waals surface area contributed by atoms with Crippen molar-refractivity contribution in [3.63, 3.8) is 0 Å². The van der Waals surface area contributed by atoms with Crippen molar-refractivity contribution in [2.45, 2.75) is 45.1 Å². The van der Waals surface area contributed by atoms with E-state index in [0.717, 1.165) is 25.7 Å². The summed E-state index contributed by atoms with van der Waals surface area (Å²) in [5.41, 5.74) is 5.94. The largest absolute Gasteiger partial charge is 0.491 e. The molecule has 1 aromatic rings. The summed E-state index contributed by atoms with van der Waals surface area (Å²) in [6.45, 7) is 2.55. The number of urea groups is 1. The van der Waals surface area contributed by atoms with Gasteiger partial charge in [-0.05, 0) is 37.5 Å². The molecule has 1 fully saturated rings. The Balaban J connectivity index is 2.03. The van der Waals surface area contributed by atoms with E-state index in [-0.39, 0.29) is 17.9 Å². The van der Waals surface area contributed by atoms with E-state index in [1.165, 1.54) is 0 Å². The summed E-state index contributed by atoms with van der Waals surface area (Å²) in [7, 11) is 0. The Kier molecular flexibility index (Phi) is 6.73. The second-order valence-corrected chi connectivity index (χ2v) is 6.42. The van der Waals surface area contributed by atoms with Crippen molar-refractivity contribution in [3.8, 4) is 5.75 Å². The highest BCUT2D eigenvalue weighted by Crippen LogP contribution is 2.29. The van der Waals surface area contributed by atoms with Gasteiger partial charge in [0, 0.05) is 11.1 Å². The number of rotatable bonds is 6. The third-order valence-corrected chi connectivity index (χ3v) is 4.33. The first kappa shape index (κ1) is 18.4. The predicted octanol–water partition coefficient (Wildman–Crippen LogP) is 3.29. The first-order valence-electron chi connectivity index (χ1n) is 8.30. The van der Waals surface area contributed by atoms with Crippen molar-refractivity contribution in [3.05, 3.63) is 23.2 Å². The summed E-state index contributed by atoms with van der Waals surface area (Å²) in [4.78, 5) is 23.8. The average Bonchev–Trinajstić information content (AvgIpc) is 2.54. The summed E-state index contributed by atoms with van der Waals surface area (Å²) in [5.74, 6) is -0.124. The number of benzene rings is 1. The van der Waals surface area contributed by atoms with Crippen LogP contribution in [0.5, 0.6) is 5.75 Å². The van der Waals surface area contributed by atoms with E-state index in [1.807, 2.05) is 6.92 Å². The number of nitrogens with one attached hydrogen (secondary N) is 2.